The van der Waals surface area contributed by atoms with E-state index in [1.54, 1.807) is 33.5 Å². The largest absolute Gasteiger partial charge is 0.493 e. The quantitative estimate of drug-likeness (QED) is 0.627. The number of fused-ring (bicyclic) bond motifs is 1. The van der Waals surface area contributed by atoms with Crippen molar-refractivity contribution < 1.29 is 23.8 Å². The molecule has 0 bridgehead atoms. The van der Waals surface area contributed by atoms with E-state index in [1.807, 2.05) is 17.6 Å². The average molecular weight is 451 g/mol. The highest BCUT2D eigenvalue weighted by atomic mass is 79.9. The molecule has 2 heterocycles. The number of methoxy groups -OCH3 is 3. The lowest BCUT2D eigenvalue weighted by molar-refractivity contribution is -0.124. The average Bonchev–Trinajstić information content (AvgIpc) is 3.06. The molecule has 28 heavy (non-hydrogen) atoms. The molecule has 0 spiro atoms. The minimum absolute atomic E-state index is 0.327. The third-order valence-corrected chi connectivity index (χ3v) is 5.39. The summed E-state index contributed by atoms with van der Waals surface area (Å²) >= 11 is 3.24. The van der Waals surface area contributed by atoms with Crippen molar-refractivity contribution in [1.82, 2.24) is 9.47 Å². The fourth-order valence-electron chi connectivity index (χ4n) is 3.50. The zero-order valence-corrected chi connectivity index (χ0v) is 18.0. The number of ether oxygens (including phenoxy) is 3. The Bertz CT molecular complexity index is 963. The van der Waals surface area contributed by atoms with E-state index in [0.29, 0.717) is 46.9 Å². The van der Waals surface area contributed by atoms with Crippen LogP contribution in [0.2, 0.25) is 0 Å². The maximum absolute atomic E-state index is 13.3. The van der Waals surface area contributed by atoms with Crippen LogP contribution in [0.5, 0.6) is 17.2 Å². The molecule has 0 unspecified atom stereocenters. The second kappa shape index (κ2) is 8.26. The van der Waals surface area contributed by atoms with E-state index in [4.69, 9.17) is 14.2 Å². The Morgan fingerprint density at radius 1 is 1.14 bits per heavy atom. The van der Waals surface area contributed by atoms with E-state index >= 15 is 0 Å². The van der Waals surface area contributed by atoms with E-state index < -0.39 is 0 Å². The highest BCUT2D eigenvalue weighted by molar-refractivity contribution is 9.12. The molecule has 1 aliphatic rings. The van der Waals surface area contributed by atoms with Crippen LogP contribution in [-0.2, 0) is 11.3 Å². The molecule has 2 amide bonds. The lowest BCUT2D eigenvalue weighted by atomic mass is 10.2. The molecule has 2 aromatic rings. The second-order valence-corrected chi connectivity index (χ2v) is 7.22. The molecule has 8 heteroatoms. The van der Waals surface area contributed by atoms with Gasteiger partial charge in [-0.15, -0.1) is 0 Å². The number of benzene rings is 1. The number of hydrogen-bond acceptors (Lipinski definition) is 5. The van der Waals surface area contributed by atoms with Crippen molar-refractivity contribution in [2.45, 2.75) is 26.3 Å². The summed E-state index contributed by atoms with van der Waals surface area (Å²) in [6, 6.07) is 3.59. The summed E-state index contributed by atoms with van der Waals surface area (Å²) in [5.74, 6) is 0.813. The molecular formula is C20H23BrN2O5. The summed E-state index contributed by atoms with van der Waals surface area (Å²) < 4.78 is 18.8. The van der Waals surface area contributed by atoms with Crippen molar-refractivity contribution in [1.29, 1.82) is 0 Å². The third-order valence-electron chi connectivity index (χ3n) is 4.72. The van der Waals surface area contributed by atoms with Gasteiger partial charge in [0.1, 0.15) is 5.69 Å². The summed E-state index contributed by atoms with van der Waals surface area (Å²) in [7, 11) is 4.65. The minimum atomic E-state index is -0.334. The van der Waals surface area contributed by atoms with Crippen LogP contribution in [0.3, 0.4) is 0 Å². The van der Waals surface area contributed by atoms with Gasteiger partial charge in [-0.1, -0.05) is 13.0 Å². The molecule has 0 radical (unpaired) electrons. The van der Waals surface area contributed by atoms with E-state index in [1.165, 1.54) is 4.90 Å². The van der Waals surface area contributed by atoms with Gasteiger partial charge in [0.15, 0.2) is 11.5 Å². The molecule has 0 atom stereocenters. The van der Waals surface area contributed by atoms with Gasteiger partial charge in [-0.05, 0) is 40.9 Å². The van der Waals surface area contributed by atoms with Crippen LogP contribution < -0.4 is 14.2 Å². The number of imide groups is 1. The molecule has 0 saturated carbocycles. The van der Waals surface area contributed by atoms with Crippen LogP contribution in [0.1, 0.15) is 30.3 Å². The van der Waals surface area contributed by atoms with Crippen LogP contribution in [0.4, 0.5) is 0 Å². The Morgan fingerprint density at radius 2 is 1.86 bits per heavy atom. The van der Waals surface area contributed by atoms with Crippen molar-refractivity contribution in [3.8, 4) is 17.2 Å². The van der Waals surface area contributed by atoms with E-state index in [0.717, 1.165) is 17.3 Å². The van der Waals surface area contributed by atoms with E-state index in [-0.39, 0.29) is 11.8 Å². The van der Waals surface area contributed by atoms with Crippen LogP contribution in [0.25, 0.3) is 10.9 Å². The van der Waals surface area contributed by atoms with Gasteiger partial charge in [0.2, 0.25) is 5.75 Å². The summed E-state index contributed by atoms with van der Waals surface area (Å²) in [6.45, 7) is 2.97. The maximum Gasteiger partial charge on any atom is 0.277 e. The predicted molar refractivity (Wildman–Crippen MR) is 110 cm³/mol. The monoisotopic (exact) mass is 450 g/mol. The van der Waals surface area contributed by atoms with Crippen LogP contribution in [0.15, 0.2) is 22.7 Å². The first-order chi connectivity index (χ1) is 13.5. The Balaban J connectivity index is 2.23. The normalized spacial score (nSPS) is 14.2. The Hall–Kier alpha value is -2.48. The number of aromatic nitrogens is 1. The number of nitrogens with zero attached hydrogens (tertiary/aromatic N) is 2. The van der Waals surface area contributed by atoms with Crippen molar-refractivity contribution in [2.24, 2.45) is 0 Å². The van der Waals surface area contributed by atoms with Gasteiger partial charge >= 0.3 is 0 Å². The molecule has 1 aromatic carbocycles. The SMILES string of the molecule is CCCn1c(C(=O)N2CCC=C(Br)C2=O)cc2cc(OC)c(OC)c(OC)c21. The zero-order chi connectivity index (χ0) is 20.4. The zero-order valence-electron chi connectivity index (χ0n) is 16.4. The van der Waals surface area contributed by atoms with Gasteiger partial charge in [-0.25, -0.2) is 0 Å². The van der Waals surface area contributed by atoms with Crippen LogP contribution in [0, 0.1) is 0 Å². The number of carbonyl (C=O) groups excluding carboxylic acids is 2. The Kier molecular flexibility index (Phi) is 5.98. The standard InChI is InChI=1S/C20H23BrN2O5/c1-5-8-22-14(20(25)23-9-6-7-13(21)19(23)24)10-12-11-15(26-2)17(27-3)18(28-4)16(12)22/h7,10-11H,5-6,8-9H2,1-4H3. The van der Waals surface area contributed by atoms with Crippen molar-refractivity contribution in [3.05, 3.63) is 28.4 Å². The third kappa shape index (κ3) is 3.26. The first-order valence-corrected chi connectivity index (χ1v) is 9.81. The van der Waals surface area contributed by atoms with Crippen molar-refractivity contribution >= 4 is 38.6 Å². The highest BCUT2D eigenvalue weighted by Gasteiger charge is 2.31. The number of carbonyl (C=O) groups is 2. The lowest BCUT2D eigenvalue weighted by Crippen LogP contribution is -2.40. The highest BCUT2D eigenvalue weighted by Crippen LogP contribution is 2.44. The number of rotatable bonds is 6. The first kappa shape index (κ1) is 20.3. The maximum atomic E-state index is 13.3. The molecular weight excluding hydrogens is 428 g/mol. The fourth-order valence-corrected chi connectivity index (χ4v) is 3.94. The van der Waals surface area contributed by atoms with Gasteiger partial charge in [0, 0.05) is 18.5 Å². The number of halogens is 1. The summed E-state index contributed by atoms with van der Waals surface area (Å²) in [5, 5.41) is 0.783. The van der Waals surface area contributed by atoms with Crippen molar-refractivity contribution in [2.75, 3.05) is 27.9 Å². The van der Waals surface area contributed by atoms with Crippen LogP contribution in [-0.4, -0.2) is 49.2 Å². The summed E-state index contributed by atoms with van der Waals surface area (Å²) in [4.78, 5) is 27.0. The number of hydrogen-bond donors (Lipinski definition) is 0. The molecule has 7 nitrogen and oxygen atoms in total. The summed E-state index contributed by atoms with van der Waals surface area (Å²) in [6.07, 6.45) is 3.21. The Labute approximate surface area is 172 Å². The fraction of sp³-hybridized carbons (Fsp3) is 0.400. The number of amides is 2. The summed E-state index contributed by atoms with van der Waals surface area (Å²) in [5.41, 5.74) is 1.17. The molecule has 3 rings (SSSR count). The van der Waals surface area contributed by atoms with E-state index in [2.05, 4.69) is 15.9 Å². The molecule has 1 aromatic heterocycles. The molecule has 0 saturated heterocycles. The van der Waals surface area contributed by atoms with E-state index in [9.17, 15) is 9.59 Å². The molecule has 150 valence electrons. The Morgan fingerprint density at radius 3 is 2.46 bits per heavy atom. The minimum Gasteiger partial charge on any atom is -0.493 e. The van der Waals surface area contributed by atoms with Gasteiger partial charge in [-0.2, -0.15) is 0 Å². The van der Waals surface area contributed by atoms with Gasteiger partial charge < -0.3 is 18.8 Å². The van der Waals surface area contributed by atoms with Gasteiger partial charge in [0.05, 0.1) is 31.3 Å². The second-order valence-electron chi connectivity index (χ2n) is 6.37. The van der Waals surface area contributed by atoms with Gasteiger partial charge in [-0.3, -0.25) is 14.5 Å². The molecule has 1 aliphatic heterocycles. The molecule has 0 N–H and O–H groups in total. The predicted octanol–water partition coefficient (Wildman–Crippen LogP) is 3.73. The lowest BCUT2D eigenvalue weighted by Gasteiger charge is -2.24. The number of aryl methyl sites for hydroxylation is 1. The van der Waals surface area contributed by atoms with Gasteiger partial charge in [0.25, 0.3) is 11.8 Å². The smallest absolute Gasteiger partial charge is 0.277 e. The first-order valence-electron chi connectivity index (χ1n) is 9.02. The topological polar surface area (TPSA) is 70.0 Å². The van der Waals surface area contributed by atoms with Crippen molar-refractivity contribution in [3.63, 3.8) is 0 Å². The molecule has 0 aliphatic carbocycles. The molecule has 0 fully saturated rings. The van der Waals surface area contributed by atoms with Crippen LogP contribution >= 0.6 is 15.9 Å².